The van der Waals surface area contributed by atoms with Crippen molar-refractivity contribution in [1.82, 2.24) is 4.98 Å². The molecule has 0 fully saturated rings. The van der Waals surface area contributed by atoms with Crippen molar-refractivity contribution in [3.8, 4) is 11.1 Å². The monoisotopic (exact) mass is 604 g/mol. The van der Waals surface area contributed by atoms with E-state index in [0.29, 0.717) is 41.3 Å². The van der Waals surface area contributed by atoms with Crippen molar-refractivity contribution in [3.63, 3.8) is 0 Å². The molecule has 222 valence electrons. The van der Waals surface area contributed by atoms with E-state index in [1.165, 1.54) is 30.5 Å². The highest BCUT2D eigenvalue weighted by atomic mass is 19.4. The lowest BCUT2D eigenvalue weighted by Gasteiger charge is -2.18. The van der Waals surface area contributed by atoms with E-state index in [2.05, 4.69) is 10.3 Å². The number of benzene rings is 4. The van der Waals surface area contributed by atoms with E-state index in [9.17, 15) is 39.5 Å². The number of nitrogens with one attached hydrogen (secondary N) is 1. The van der Waals surface area contributed by atoms with Crippen molar-refractivity contribution >= 4 is 16.6 Å². The summed E-state index contributed by atoms with van der Waals surface area (Å²) in [6.07, 6.45) is -12.7. The second kappa shape index (κ2) is 11.3. The number of para-hydroxylation sites is 1. The summed E-state index contributed by atoms with van der Waals surface area (Å²) in [5.74, 6) is 0. The Morgan fingerprint density at radius 1 is 0.605 bits per heavy atom. The van der Waals surface area contributed by atoms with Gasteiger partial charge in [0.05, 0.1) is 22.2 Å². The Kier molecular flexibility index (Phi) is 7.85. The lowest BCUT2D eigenvalue weighted by atomic mass is 9.91. The van der Waals surface area contributed by atoms with E-state index in [1.54, 1.807) is 12.1 Å². The third-order valence-corrected chi connectivity index (χ3v) is 6.89. The fraction of sp³-hybridized carbons (Fsp3) is 0.156. The van der Waals surface area contributed by atoms with Gasteiger partial charge in [-0.05, 0) is 70.6 Å². The first-order valence-electron chi connectivity index (χ1n) is 12.8. The third-order valence-electron chi connectivity index (χ3n) is 6.89. The van der Waals surface area contributed by atoms with Gasteiger partial charge in [-0.3, -0.25) is 4.98 Å². The van der Waals surface area contributed by atoms with Gasteiger partial charge >= 0.3 is 18.5 Å². The Hall–Kier alpha value is -4.54. The lowest BCUT2D eigenvalue weighted by molar-refractivity contribution is -0.141. The number of rotatable bonds is 6. The fourth-order valence-corrected chi connectivity index (χ4v) is 4.96. The minimum Gasteiger partial charge on any atom is -0.381 e. The first-order chi connectivity index (χ1) is 20.2. The van der Waals surface area contributed by atoms with Crippen LogP contribution in [0.25, 0.3) is 22.0 Å². The molecule has 0 aliphatic heterocycles. The molecule has 0 unspecified atom stereocenters. The number of nitrogens with zero attached hydrogens (tertiary/aromatic N) is 1. The summed E-state index contributed by atoms with van der Waals surface area (Å²) in [6.45, 7) is -0.589. The molecule has 0 aliphatic rings. The van der Waals surface area contributed by atoms with Gasteiger partial charge < -0.3 is 5.32 Å². The topological polar surface area (TPSA) is 24.9 Å². The van der Waals surface area contributed by atoms with Crippen molar-refractivity contribution < 1.29 is 39.5 Å². The van der Waals surface area contributed by atoms with E-state index >= 15 is 0 Å². The molecule has 5 rings (SSSR count). The highest BCUT2D eigenvalue weighted by Crippen LogP contribution is 2.40. The minimum atomic E-state index is -4.89. The second-order valence-corrected chi connectivity index (χ2v) is 9.82. The van der Waals surface area contributed by atoms with Crippen LogP contribution in [0.1, 0.15) is 33.4 Å². The largest absolute Gasteiger partial charge is 0.418 e. The number of aromatic nitrogens is 1. The van der Waals surface area contributed by atoms with Crippen LogP contribution < -0.4 is 5.32 Å². The molecule has 0 aliphatic carbocycles. The molecule has 0 saturated heterocycles. The number of anilines is 1. The van der Waals surface area contributed by atoms with Crippen LogP contribution in [0.5, 0.6) is 0 Å². The van der Waals surface area contributed by atoms with Gasteiger partial charge in [-0.15, -0.1) is 0 Å². The maximum atomic E-state index is 13.8. The van der Waals surface area contributed by atoms with Crippen LogP contribution in [-0.2, 0) is 31.5 Å². The van der Waals surface area contributed by atoms with E-state index in [4.69, 9.17) is 0 Å². The molecule has 1 aromatic heterocycles. The van der Waals surface area contributed by atoms with Crippen molar-refractivity contribution in [3.05, 3.63) is 131 Å². The summed E-state index contributed by atoms with van der Waals surface area (Å²) >= 11 is 0. The van der Waals surface area contributed by atoms with Gasteiger partial charge in [0.1, 0.15) is 0 Å². The van der Waals surface area contributed by atoms with Crippen molar-refractivity contribution in [2.75, 3.05) is 5.32 Å². The predicted molar refractivity (Wildman–Crippen MR) is 145 cm³/mol. The molecule has 4 aromatic carbocycles. The fourth-order valence-electron chi connectivity index (χ4n) is 4.96. The zero-order valence-electron chi connectivity index (χ0n) is 22.0. The standard InChI is InChI=1S/C32H21F9N2/c33-30(34,35)23-12-13-26(31(36,37)38)21(15-23)17-42-24-9-4-8-20(16-24)28-22(14-19-6-2-1-3-7-19)18-43-29-25(28)10-5-11-27(29)32(39,40)41/h1-13,15-16,18,42H,14,17H2. The van der Waals surface area contributed by atoms with Crippen molar-refractivity contribution in [2.24, 2.45) is 0 Å². The molecule has 5 aromatic rings. The molecular weight excluding hydrogens is 583 g/mol. The minimum absolute atomic E-state index is 0.220. The van der Waals surface area contributed by atoms with Gasteiger partial charge in [0, 0.05) is 23.8 Å². The summed E-state index contributed by atoms with van der Waals surface area (Å²) in [5.41, 5.74) is -1.61. The molecule has 0 amide bonds. The van der Waals surface area contributed by atoms with E-state index in [-0.39, 0.29) is 16.6 Å². The summed E-state index contributed by atoms with van der Waals surface area (Å²) in [6, 6.07) is 20.3. The van der Waals surface area contributed by atoms with Crippen LogP contribution >= 0.6 is 0 Å². The van der Waals surface area contributed by atoms with Gasteiger partial charge in [-0.2, -0.15) is 39.5 Å². The number of alkyl halides is 9. The Morgan fingerprint density at radius 3 is 1.98 bits per heavy atom. The van der Waals surface area contributed by atoms with Crippen LogP contribution in [0.3, 0.4) is 0 Å². The lowest BCUT2D eigenvalue weighted by Crippen LogP contribution is -2.14. The number of hydrogen-bond acceptors (Lipinski definition) is 2. The SMILES string of the molecule is FC(F)(F)c1ccc(C(F)(F)F)c(CNc2cccc(-c3c(Cc4ccccc4)cnc4c(C(F)(F)F)cccc34)c2)c1. The number of hydrogen-bond donors (Lipinski definition) is 1. The molecular formula is C32H21F9N2. The maximum absolute atomic E-state index is 13.8. The first kappa shape index (κ1) is 29.9. The van der Waals surface area contributed by atoms with Crippen LogP contribution in [0.15, 0.2) is 97.2 Å². The van der Waals surface area contributed by atoms with Crippen LogP contribution in [0.2, 0.25) is 0 Å². The average Bonchev–Trinajstić information content (AvgIpc) is 2.94. The molecule has 2 nitrogen and oxygen atoms in total. The molecule has 0 spiro atoms. The molecule has 1 N–H and O–H groups in total. The number of fused-ring (bicyclic) bond motifs is 1. The highest BCUT2D eigenvalue weighted by Gasteiger charge is 2.37. The zero-order valence-corrected chi connectivity index (χ0v) is 22.0. The maximum Gasteiger partial charge on any atom is 0.418 e. The molecule has 11 heteroatoms. The summed E-state index contributed by atoms with van der Waals surface area (Å²) < 4.78 is 122. The van der Waals surface area contributed by atoms with E-state index in [0.717, 1.165) is 11.6 Å². The highest BCUT2D eigenvalue weighted by molar-refractivity contribution is 5.98. The Bertz CT molecular complexity index is 1760. The number of halogens is 9. The van der Waals surface area contributed by atoms with Gasteiger partial charge in [0.2, 0.25) is 0 Å². The first-order valence-corrected chi connectivity index (χ1v) is 12.8. The quantitative estimate of drug-likeness (QED) is 0.195. The van der Waals surface area contributed by atoms with Crippen LogP contribution in [0, 0.1) is 0 Å². The van der Waals surface area contributed by atoms with Gasteiger partial charge in [-0.1, -0.05) is 54.6 Å². The average molecular weight is 605 g/mol. The van der Waals surface area contributed by atoms with Gasteiger partial charge in [0.25, 0.3) is 0 Å². The van der Waals surface area contributed by atoms with E-state index < -0.39 is 47.3 Å². The molecule has 0 atom stereocenters. The van der Waals surface area contributed by atoms with Crippen molar-refractivity contribution in [2.45, 2.75) is 31.5 Å². The smallest absolute Gasteiger partial charge is 0.381 e. The Labute approximate surface area is 239 Å². The third kappa shape index (κ3) is 6.60. The molecule has 1 heterocycles. The second-order valence-electron chi connectivity index (χ2n) is 9.82. The van der Waals surface area contributed by atoms with E-state index in [1.807, 2.05) is 30.3 Å². The molecule has 0 saturated carbocycles. The van der Waals surface area contributed by atoms with Crippen LogP contribution in [0.4, 0.5) is 45.2 Å². The van der Waals surface area contributed by atoms with Gasteiger partial charge in [-0.25, -0.2) is 0 Å². The molecule has 43 heavy (non-hydrogen) atoms. The Balaban J connectivity index is 1.58. The van der Waals surface area contributed by atoms with Crippen LogP contribution in [-0.4, -0.2) is 4.98 Å². The molecule has 0 radical (unpaired) electrons. The number of pyridine rings is 1. The zero-order chi connectivity index (χ0) is 31.0. The summed E-state index contributed by atoms with van der Waals surface area (Å²) in [5, 5.41) is 2.97. The molecule has 0 bridgehead atoms. The Morgan fingerprint density at radius 2 is 1.30 bits per heavy atom. The summed E-state index contributed by atoms with van der Waals surface area (Å²) in [7, 11) is 0. The van der Waals surface area contributed by atoms with Gasteiger partial charge in [0.15, 0.2) is 0 Å². The van der Waals surface area contributed by atoms with Crippen molar-refractivity contribution in [1.29, 1.82) is 0 Å². The predicted octanol–water partition coefficient (Wildman–Crippen LogP) is 10.2. The normalized spacial score (nSPS) is 12.5. The summed E-state index contributed by atoms with van der Waals surface area (Å²) in [4.78, 5) is 4.15.